The molecule has 0 saturated heterocycles. The van der Waals surface area contributed by atoms with Crippen molar-refractivity contribution in [2.24, 2.45) is 0 Å². The summed E-state index contributed by atoms with van der Waals surface area (Å²) in [6.45, 7) is 6.47. The first kappa shape index (κ1) is 15.7. The van der Waals surface area contributed by atoms with Crippen LogP contribution in [0.1, 0.15) is 42.6 Å². The van der Waals surface area contributed by atoms with Gasteiger partial charge in [0, 0.05) is 31.5 Å². The standard InChI is InChI=1S/C19H25N3O/c1-3-5-18-17-6-4-11-21(17)12-13-22(18)19(23)20-14-16-9-7-15(2)8-10-16/h4,6-11,18H,3,5,12-14H2,1-2H3,(H,20,23)/t18-/m0/s1. The third-order valence-corrected chi connectivity index (χ3v) is 4.55. The molecule has 1 N–H and O–H groups in total. The number of carbonyl (C=O) groups is 1. The largest absolute Gasteiger partial charge is 0.348 e. The lowest BCUT2D eigenvalue weighted by Crippen LogP contribution is -2.46. The number of hydrogen-bond donors (Lipinski definition) is 1. The van der Waals surface area contributed by atoms with Crippen LogP contribution in [-0.4, -0.2) is 22.0 Å². The fourth-order valence-electron chi connectivity index (χ4n) is 3.27. The van der Waals surface area contributed by atoms with Gasteiger partial charge in [0.1, 0.15) is 0 Å². The van der Waals surface area contributed by atoms with Gasteiger partial charge in [-0.3, -0.25) is 0 Å². The van der Waals surface area contributed by atoms with E-state index in [0.29, 0.717) is 6.54 Å². The van der Waals surface area contributed by atoms with Crippen molar-refractivity contribution in [3.05, 3.63) is 59.4 Å². The van der Waals surface area contributed by atoms with E-state index in [9.17, 15) is 4.79 Å². The van der Waals surface area contributed by atoms with Crippen molar-refractivity contribution in [1.82, 2.24) is 14.8 Å². The van der Waals surface area contributed by atoms with Crippen LogP contribution < -0.4 is 5.32 Å². The van der Waals surface area contributed by atoms with Gasteiger partial charge in [-0.25, -0.2) is 4.79 Å². The summed E-state index contributed by atoms with van der Waals surface area (Å²) in [4.78, 5) is 14.7. The van der Waals surface area contributed by atoms with E-state index in [1.165, 1.54) is 11.3 Å². The van der Waals surface area contributed by atoms with Crippen LogP contribution in [0, 0.1) is 6.92 Å². The van der Waals surface area contributed by atoms with Crippen molar-refractivity contribution in [1.29, 1.82) is 0 Å². The highest BCUT2D eigenvalue weighted by Crippen LogP contribution is 2.29. The molecule has 0 saturated carbocycles. The second kappa shape index (κ2) is 6.90. The molecule has 3 rings (SSSR count). The monoisotopic (exact) mass is 311 g/mol. The number of nitrogens with one attached hydrogen (secondary N) is 1. The van der Waals surface area contributed by atoms with Gasteiger partial charge in [-0.2, -0.15) is 0 Å². The number of carbonyl (C=O) groups excluding carboxylic acids is 1. The summed E-state index contributed by atoms with van der Waals surface area (Å²) >= 11 is 0. The minimum absolute atomic E-state index is 0.0384. The fraction of sp³-hybridized carbons (Fsp3) is 0.421. The highest BCUT2D eigenvalue weighted by Gasteiger charge is 2.29. The van der Waals surface area contributed by atoms with Gasteiger partial charge in [0.15, 0.2) is 0 Å². The van der Waals surface area contributed by atoms with Gasteiger partial charge >= 0.3 is 6.03 Å². The van der Waals surface area contributed by atoms with Crippen molar-refractivity contribution < 1.29 is 4.79 Å². The van der Waals surface area contributed by atoms with E-state index in [1.807, 2.05) is 4.90 Å². The Hall–Kier alpha value is -2.23. The van der Waals surface area contributed by atoms with Gasteiger partial charge in [-0.1, -0.05) is 43.2 Å². The van der Waals surface area contributed by atoms with E-state index < -0.39 is 0 Å². The number of fused-ring (bicyclic) bond motifs is 1. The van der Waals surface area contributed by atoms with Crippen LogP contribution in [0.2, 0.25) is 0 Å². The minimum Gasteiger partial charge on any atom is -0.348 e. The van der Waals surface area contributed by atoms with E-state index in [4.69, 9.17) is 0 Å². The average molecular weight is 311 g/mol. The van der Waals surface area contributed by atoms with Gasteiger partial charge < -0.3 is 14.8 Å². The predicted molar refractivity (Wildman–Crippen MR) is 92.2 cm³/mol. The zero-order valence-electron chi connectivity index (χ0n) is 14.0. The lowest BCUT2D eigenvalue weighted by atomic mass is 10.0. The maximum Gasteiger partial charge on any atom is 0.318 e. The van der Waals surface area contributed by atoms with Crippen LogP contribution in [0.25, 0.3) is 0 Å². The highest BCUT2D eigenvalue weighted by molar-refractivity contribution is 5.75. The van der Waals surface area contributed by atoms with E-state index in [0.717, 1.165) is 31.5 Å². The van der Waals surface area contributed by atoms with Crippen molar-refractivity contribution >= 4 is 6.03 Å². The molecule has 122 valence electrons. The van der Waals surface area contributed by atoms with Gasteiger partial charge in [0.25, 0.3) is 0 Å². The van der Waals surface area contributed by atoms with Gasteiger partial charge in [0.2, 0.25) is 0 Å². The number of aromatic nitrogens is 1. The number of rotatable bonds is 4. The number of benzene rings is 1. The highest BCUT2D eigenvalue weighted by atomic mass is 16.2. The molecule has 2 heterocycles. The van der Waals surface area contributed by atoms with Crippen molar-refractivity contribution in [2.75, 3.05) is 6.54 Å². The maximum atomic E-state index is 12.7. The molecule has 23 heavy (non-hydrogen) atoms. The van der Waals surface area contributed by atoms with Gasteiger partial charge in [-0.15, -0.1) is 0 Å². The second-order valence-corrected chi connectivity index (χ2v) is 6.27. The SMILES string of the molecule is CCC[C@H]1c2cccn2CCN1C(=O)NCc1ccc(C)cc1. The molecule has 2 aromatic rings. The molecule has 1 aromatic carbocycles. The van der Waals surface area contributed by atoms with Crippen LogP contribution in [0.4, 0.5) is 4.79 Å². The quantitative estimate of drug-likeness (QED) is 0.914. The number of amides is 2. The zero-order chi connectivity index (χ0) is 16.2. The van der Waals surface area contributed by atoms with Crippen LogP contribution in [0.3, 0.4) is 0 Å². The van der Waals surface area contributed by atoms with Gasteiger partial charge in [0.05, 0.1) is 6.04 Å². The number of nitrogens with zero attached hydrogens (tertiary/aromatic N) is 2. The molecular weight excluding hydrogens is 286 g/mol. The Morgan fingerprint density at radius 3 is 2.74 bits per heavy atom. The Labute approximate surface area is 138 Å². The molecule has 4 heteroatoms. The smallest absolute Gasteiger partial charge is 0.318 e. The van der Waals surface area contributed by atoms with Gasteiger partial charge in [-0.05, 0) is 31.0 Å². The number of urea groups is 1. The fourth-order valence-corrected chi connectivity index (χ4v) is 3.27. The van der Waals surface area contributed by atoms with Crippen molar-refractivity contribution in [3.8, 4) is 0 Å². The molecule has 1 atom stereocenters. The topological polar surface area (TPSA) is 37.3 Å². The Morgan fingerprint density at radius 1 is 1.22 bits per heavy atom. The average Bonchev–Trinajstić information content (AvgIpc) is 3.03. The van der Waals surface area contributed by atoms with Crippen molar-refractivity contribution in [2.45, 2.75) is 45.8 Å². The summed E-state index contributed by atoms with van der Waals surface area (Å²) in [6, 6.07) is 12.7. The Balaban J connectivity index is 1.67. The van der Waals surface area contributed by atoms with E-state index in [2.05, 4.69) is 66.3 Å². The molecule has 4 nitrogen and oxygen atoms in total. The number of aryl methyl sites for hydroxylation is 1. The zero-order valence-corrected chi connectivity index (χ0v) is 14.0. The van der Waals surface area contributed by atoms with Crippen LogP contribution in [0.5, 0.6) is 0 Å². The molecule has 0 fully saturated rings. The Bertz CT molecular complexity index is 660. The second-order valence-electron chi connectivity index (χ2n) is 6.27. The Morgan fingerprint density at radius 2 is 2.00 bits per heavy atom. The summed E-state index contributed by atoms with van der Waals surface area (Å²) in [6.07, 6.45) is 4.18. The lowest BCUT2D eigenvalue weighted by molar-refractivity contribution is 0.150. The summed E-state index contributed by atoms with van der Waals surface area (Å²) < 4.78 is 2.27. The van der Waals surface area contributed by atoms with Crippen LogP contribution in [-0.2, 0) is 13.1 Å². The first-order chi connectivity index (χ1) is 11.2. The summed E-state index contributed by atoms with van der Waals surface area (Å²) in [7, 11) is 0. The van der Waals surface area contributed by atoms with E-state index in [-0.39, 0.29) is 12.1 Å². The summed E-state index contributed by atoms with van der Waals surface area (Å²) in [5, 5.41) is 3.08. The molecule has 2 amide bonds. The van der Waals surface area contributed by atoms with Crippen molar-refractivity contribution in [3.63, 3.8) is 0 Å². The maximum absolute atomic E-state index is 12.7. The third-order valence-electron chi connectivity index (χ3n) is 4.55. The normalized spacial score (nSPS) is 17.0. The third kappa shape index (κ3) is 3.41. The molecule has 1 aliphatic rings. The molecular formula is C19H25N3O. The van der Waals surface area contributed by atoms with Crippen LogP contribution >= 0.6 is 0 Å². The molecule has 1 aromatic heterocycles. The lowest BCUT2D eigenvalue weighted by Gasteiger charge is -2.37. The summed E-state index contributed by atoms with van der Waals surface area (Å²) in [5.74, 6) is 0. The molecule has 0 spiro atoms. The van der Waals surface area contributed by atoms with E-state index in [1.54, 1.807) is 0 Å². The first-order valence-corrected chi connectivity index (χ1v) is 8.44. The minimum atomic E-state index is 0.0384. The molecule has 0 unspecified atom stereocenters. The molecule has 1 aliphatic heterocycles. The summed E-state index contributed by atoms with van der Waals surface area (Å²) in [5.41, 5.74) is 3.62. The molecule has 0 radical (unpaired) electrons. The predicted octanol–water partition coefficient (Wildman–Crippen LogP) is 3.86. The van der Waals surface area contributed by atoms with Crippen LogP contribution in [0.15, 0.2) is 42.6 Å². The Kier molecular flexibility index (Phi) is 4.70. The molecule has 0 aliphatic carbocycles. The van der Waals surface area contributed by atoms with E-state index >= 15 is 0 Å². The molecule has 0 bridgehead atoms. The number of hydrogen-bond acceptors (Lipinski definition) is 1. The first-order valence-electron chi connectivity index (χ1n) is 8.44.